The van der Waals surface area contributed by atoms with Crippen LogP contribution in [-0.2, 0) is 11.8 Å². The summed E-state index contributed by atoms with van der Waals surface area (Å²) >= 11 is 0. The Morgan fingerprint density at radius 3 is 2.96 bits per heavy atom. The lowest BCUT2D eigenvalue weighted by atomic mass is 10.0. The van der Waals surface area contributed by atoms with Gasteiger partial charge in [-0.3, -0.25) is 9.67 Å². The van der Waals surface area contributed by atoms with Gasteiger partial charge in [0.1, 0.15) is 6.10 Å². The number of nitrogens with one attached hydrogen (secondary N) is 1. The van der Waals surface area contributed by atoms with Crippen LogP contribution in [0.3, 0.4) is 0 Å². The lowest BCUT2D eigenvalue weighted by Gasteiger charge is -2.35. The van der Waals surface area contributed by atoms with Crippen LogP contribution in [0.2, 0.25) is 0 Å². The molecule has 1 aliphatic rings. The summed E-state index contributed by atoms with van der Waals surface area (Å²) in [4.78, 5) is 7.12. The quantitative estimate of drug-likeness (QED) is 0.549. The third-order valence-electron chi connectivity index (χ3n) is 4.53. The Balaban J connectivity index is 2.03. The third kappa shape index (κ3) is 6.01. The number of guanidine groups is 1. The maximum Gasteiger partial charge on any atom is 0.194 e. The Bertz CT molecular complexity index is 525. The highest BCUT2D eigenvalue weighted by atomic mass is 16.5. The number of aryl methyl sites for hydroxylation is 1. The van der Waals surface area contributed by atoms with E-state index in [1.165, 1.54) is 0 Å². The fourth-order valence-electron chi connectivity index (χ4n) is 3.21. The molecule has 2 atom stereocenters. The standard InChI is InChI=1S/C18H33N5O2/c1-4-6-15(7-9-24)11-20-18(19-5-2)23-8-10-25-17(14-23)16-12-21-22(3)13-16/h12-13,15,17,24H,4-11,14H2,1-3H3,(H,19,20). The number of aliphatic hydroxyl groups excluding tert-OH is 1. The van der Waals surface area contributed by atoms with Crippen molar-refractivity contribution in [2.75, 3.05) is 39.4 Å². The molecule has 0 radical (unpaired) electrons. The molecule has 25 heavy (non-hydrogen) atoms. The Kier molecular flexibility index (Phi) is 8.21. The van der Waals surface area contributed by atoms with Crippen molar-refractivity contribution in [3.8, 4) is 0 Å². The molecular weight excluding hydrogens is 318 g/mol. The van der Waals surface area contributed by atoms with Gasteiger partial charge in [-0.15, -0.1) is 0 Å². The van der Waals surface area contributed by atoms with Crippen LogP contribution in [0.1, 0.15) is 44.8 Å². The Labute approximate surface area is 151 Å². The first-order valence-corrected chi connectivity index (χ1v) is 9.42. The van der Waals surface area contributed by atoms with Gasteiger partial charge in [-0.1, -0.05) is 13.3 Å². The molecule has 0 saturated carbocycles. The van der Waals surface area contributed by atoms with Gasteiger partial charge in [0.2, 0.25) is 0 Å². The zero-order valence-electron chi connectivity index (χ0n) is 15.8. The minimum Gasteiger partial charge on any atom is -0.396 e. The van der Waals surface area contributed by atoms with Crippen molar-refractivity contribution in [2.45, 2.75) is 39.2 Å². The highest BCUT2D eigenvalue weighted by Gasteiger charge is 2.25. The van der Waals surface area contributed by atoms with Crippen LogP contribution in [0.5, 0.6) is 0 Å². The predicted molar refractivity (Wildman–Crippen MR) is 99.6 cm³/mol. The number of ether oxygens (including phenoxy) is 1. The van der Waals surface area contributed by atoms with Gasteiger partial charge in [0.05, 0.1) is 19.3 Å². The Hall–Kier alpha value is -1.60. The highest BCUT2D eigenvalue weighted by molar-refractivity contribution is 5.80. The number of morpholine rings is 1. The van der Waals surface area contributed by atoms with Crippen molar-refractivity contribution in [1.82, 2.24) is 20.0 Å². The van der Waals surface area contributed by atoms with E-state index in [0.717, 1.165) is 57.0 Å². The van der Waals surface area contributed by atoms with Crippen LogP contribution in [0.15, 0.2) is 17.4 Å². The summed E-state index contributed by atoms with van der Waals surface area (Å²) in [6.45, 7) is 8.39. The molecule has 0 amide bonds. The summed E-state index contributed by atoms with van der Waals surface area (Å²) in [6.07, 6.45) is 6.95. The molecule has 1 aromatic rings. The highest BCUT2D eigenvalue weighted by Crippen LogP contribution is 2.22. The maximum absolute atomic E-state index is 9.24. The zero-order chi connectivity index (χ0) is 18.1. The number of aliphatic hydroxyl groups is 1. The molecule has 2 unspecified atom stereocenters. The molecule has 0 aromatic carbocycles. The molecule has 7 nitrogen and oxygen atoms in total. The van der Waals surface area contributed by atoms with E-state index in [1.54, 1.807) is 4.68 Å². The van der Waals surface area contributed by atoms with E-state index >= 15 is 0 Å². The van der Waals surface area contributed by atoms with Gasteiger partial charge in [-0.25, -0.2) is 0 Å². The molecule has 1 aliphatic heterocycles. The molecular formula is C18H33N5O2. The van der Waals surface area contributed by atoms with Crippen molar-refractivity contribution in [1.29, 1.82) is 0 Å². The van der Waals surface area contributed by atoms with E-state index in [2.05, 4.69) is 29.2 Å². The summed E-state index contributed by atoms with van der Waals surface area (Å²) in [7, 11) is 1.92. The number of aromatic nitrogens is 2. The third-order valence-corrected chi connectivity index (χ3v) is 4.53. The second-order valence-electron chi connectivity index (χ2n) is 6.61. The predicted octanol–water partition coefficient (Wildman–Crippen LogP) is 1.56. The zero-order valence-corrected chi connectivity index (χ0v) is 15.8. The van der Waals surface area contributed by atoms with Crippen molar-refractivity contribution >= 4 is 5.96 Å². The first-order chi connectivity index (χ1) is 12.2. The van der Waals surface area contributed by atoms with Crippen LogP contribution in [-0.4, -0.2) is 65.1 Å². The largest absolute Gasteiger partial charge is 0.396 e. The summed E-state index contributed by atoms with van der Waals surface area (Å²) in [5.74, 6) is 1.39. The topological polar surface area (TPSA) is 74.9 Å². The van der Waals surface area contributed by atoms with Gasteiger partial charge >= 0.3 is 0 Å². The average Bonchev–Trinajstić information content (AvgIpc) is 3.05. The van der Waals surface area contributed by atoms with E-state index in [1.807, 2.05) is 19.4 Å². The van der Waals surface area contributed by atoms with E-state index in [4.69, 9.17) is 9.73 Å². The van der Waals surface area contributed by atoms with E-state index in [9.17, 15) is 5.11 Å². The minimum atomic E-state index is 0.0233. The molecule has 2 N–H and O–H groups in total. The molecule has 7 heteroatoms. The van der Waals surface area contributed by atoms with Crippen molar-refractivity contribution in [3.05, 3.63) is 18.0 Å². The molecule has 0 bridgehead atoms. The summed E-state index contributed by atoms with van der Waals surface area (Å²) in [5.41, 5.74) is 1.10. The van der Waals surface area contributed by atoms with Crippen LogP contribution in [0, 0.1) is 5.92 Å². The molecule has 2 rings (SSSR count). The fourth-order valence-corrected chi connectivity index (χ4v) is 3.21. The van der Waals surface area contributed by atoms with Crippen LogP contribution < -0.4 is 5.32 Å². The Morgan fingerprint density at radius 2 is 2.32 bits per heavy atom. The lowest BCUT2D eigenvalue weighted by Crippen LogP contribution is -2.48. The summed E-state index contributed by atoms with van der Waals surface area (Å²) in [6, 6.07) is 0. The second kappa shape index (κ2) is 10.4. The average molecular weight is 351 g/mol. The first-order valence-electron chi connectivity index (χ1n) is 9.42. The van der Waals surface area contributed by atoms with Gasteiger partial charge in [-0.05, 0) is 25.7 Å². The van der Waals surface area contributed by atoms with Crippen LogP contribution in [0.4, 0.5) is 0 Å². The van der Waals surface area contributed by atoms with Crippen LogP contribution >= 0.6 is 0 Å². The number of hydrogen-bond acceptors (Lipinski definition) is 4. The summed E-state index contributed by atoms with van der Waals surface area (Å²) in [5, 5.41) is 16.9. The number of aliphatic imine (C=N–C) groups is 1. The molecule has 1 saturated heterocycles. The molecule has 142 valence electrons. The van der Waals surface area contributed by atoms with Gasteiger partial charge < -0.3 is 20.1 Å². The van der Waals surface area contributed by atoms with E-state index in [-0.39, 0.29) is 12.7 Å². The molecule has 0 aliphatic carbocycles. The number of rotatable bonds is 8. The Morgan fingerprint density at radius 1 is 1.48 bits per heavy atom. The maximum atomic E-state index is 9.24. The molecule has 0 spiro atoms. The monoisotopic (exact) mass is 351 g/mol. The van der Waals surface area contributed by atoms with Crippen molar-refractivity contribution < 1.29 is 9.84 Å². The molecule has 2 heterocycles. The first kappa shape index (κ1) is 19.7. The summed E-state index contributed by atoms with van der Waals surface area (Å²) < 4.78 is 7.73. The second-order valence-corrected chi connectivity index (χ2v) is 6.61. The van der Waals surface area contributed by atoms with E-state index < -0.39 is 0 Å². The van der Waals surface area contributed by atoms with Gasteiger partial charge in [-0.2, -0.15) is 5.10 Å². The SMILES string of the molecule is CCCC(CCO)CN=C(NCC)N1CCOC(c2cnn(C)c2)C1. The van der Waals surface area contributed by atoms with E-state index in [0.29, 0.717) is 12.5 Å². The smallest absolute Gasteiger partial charge is 0.194 e. The normalized spacial score (nSPS) is 19.9. The van der Waals surface area contributed by atoms with Crippen molar-refractivity contribution in [2.24, 2.45) is 18.0 Å². The number of nitrogens with zero attached hydrogens (tertiary/aromatic N) is 4. The fraction of sp³-hybridized carbons (Fsp3) is 0.778. The molecule has 1 fully saturated rings. The minimum absolute atomic E-state index is 0.0233. The lowest BCUT2D eigenvalue weighted by molar-refractivity contribution is -0.00807. The van der Waals surface area contributed by atoms with Crippen LogP contribution in [0.25, 0.3) is 0 Å². The molecule has 1 aromatic heterocycles. The van der Waals surface area contributed by atoms with Crippen molar-refractivity contribution in [3.63, 3.8) is 0 Å². The number of hydrogen-bond donors (Lipinski definition) is 2. The van der Waals surface area contributed by atoms with Gasteiger partial charge in [0.25, 0.3) is 0 Å². The van der Waals surface area contributed by atoms with Gasteiger partial charge in [0.15, 0.2) is 5.96 Å². The van der Waals surface area contributed by atoms with Gasteiger partial charge in [0, 0.05) is 45.0 Å².